The van der Waals surface area contributed by atoms with Gasteiger partial charge in [0.25, 0.3) is 0 Å². The number of aromatic nitrogens is 1. The van der Waals surface area contributed by atoms with Crippen LogP contribution in [0.5, 0.6) is 5.75 Å². The van der Waals surface area contributed by atoms with E-state index in [4.69, 9.17) is 4.74 Å². The van der Waals surface area contributed by atoms with Crippen LogP contribution < -0.4 is 4.74 Å². The van der Waals surface area contributed by atoms with Crippen molar-refractivity contribution >= 4 is 10.9 Å². The number of nitrogens with zero attached hydrogens (tertiary/aromatic N) is 1. The summed E-state index contributed by atoms with van der Waals surface area (Å²) in [5, 5.41) is 0.466. The van der Waals surface area contributed by atoms with E-state index in [-0.39, 0.29) is 0 Å². The number of aryl methyl sites for hydroxylation is 1. The number of ether oxygens (including phenoxy) is 1. The third kappa shape index (κ3) is 2.66. The van der Waals surface area contributed by atoms with E-state index in [1.807, 2.05) is 30.3 Å². The quantitative estimate of drug-likeness (QED) is 0.679. The molecule has 0 unspecified atom stereocenters. The summed E-state index contributed by atoms with van der Waals surface area (Å²) in [5.74, 6) is 0.451. The Morgan fingerprint density at radius 1 is 1.00 bits per heavy atom. The molecule has 3 aromatic rings. The monoisotopic (exact) mass is 305 g/mol. The molecule has 3 rings (SSSR count). The third-order valence-corrected chi connectivity index (χ3v) is 3.57. The maximum Gasteiger partial charge on any atom is 0.431 e. The van der Waals surface area contributed by atoms with Gasteiger partial charge in [0.2, 0.25) is 0 Å². The second kappa shape index (κ2) is 5.40. The Labute approximate surface area is 125 Å². The Bertz CT molecular complexity index is 791. The molecule has 0 atom stereocenters. The van der Waals surface area contributed by atoms with Gasteiger partial charge in [-0.05, 0) is 23.8 Å². The predicted molar refractivity (Wildman–Crippen MR) is 78.7 cm³/mol. The summed E-state index contributed by atoms with van der Waals surface area (Å²) in [7, 11) is 1.41. The van der Waals surface area contributed by atoms with Gasteiger partial charge in [0.1, 0.15) is 18.1 Å². The second-order valence-electron chi connectivity index (χ2n) is 5.05. The first-order valence-electron chi connectivity index (χ1n) is 6.79. The number of alkyl halides is 3. The first-order chi connectivity index (χ1) is 10.5. The van der Waals surface area contributed by atoms with Crippen LogP contribution in [0.25, 0.3) is 10.9 Å². The molecule has 0 saturated heterocycles. The third-order valence-electron chi connectivity index (χ3n) is 3.57. The fourth-order valence-electron chi connectivity index (χ4n) is 2.47. The first kappa shape index (κ1) is 14.5. The van der Waals surface area contributed by atoms with Crippen molar-refractivity contribution in [1.82, 2.24) is 4.57 Å². The van der Waals surface area contributed by atoms with Crippen molar-refractivity contribution in [3.05, 3.63) is 65.9 Å². The minimum atomic E-state index is -4.38. The van der Waals surface area contributed by atoms with Crippen LogP contribution in [-0.2, 0) is 19.8 Å². The molecular formula is C17H14F3NO. The average Bonchev–Trinajstić information content (AvgIpc) is 2.84. The Morgan fingerprint density at radius 3 is 2.41 bits per heavy atom. The van der Waals surface area contributed by atoms with E-state index in [0.29, 0.717) is 23.3 Å². The number of benzene rings is 2. The number of hydrogen-bond acceptors (Lipinski definition) is 1. The number of fused-ring (bicyclic) bond motifs is 1. The van der Waals surface area contributed by atoms with E-state index in [0.717, 1.165) is 16.2 Å². The molecule has 1 heterocycles. The number of rotatable bonds is 3. The summed E-state index contributed by atoms with van der Waals surface area (Å²) in [6.45, 7) is 0.316. The van der Waals surface area contributed by atoms with Gasteiger partial charge in [0.05, 0.1) is 5.52 Å². The fraction of sp³-hybridized carbons (Fsp3) is 0.176. The molecule has 0 saturated carbocycles. The van der Waals surface area contributed by atoms with E-state index in [2.05, 4.69) is 0 Å². The minimum absolute atomic E-state index is 0.316. The van der Waals surface area contributed by atoms with E-state index in [1.165, 1.54) is 7.05 Å². The normalized spacial score (nSPS) is 11.8. The van der Waals surface area contributed by atoms with Crippen molar-refractivity contribution in [2.75, 3.05) is 0 Å². The first-order valence-corrected chi connectivity index (χ1v) is 6.79. The lowest BCUT2D eigenvalue weighted by atomic mass is 10.2. The summed E-state index contributed by atoms with van der Waals surface area (Å²) in [6.07, 6.45) is -4.38. The zero-order valence-electron chi connectivity index (χ0n) is 11.9. The molecule has 2 nitrogen and oxygen atoms in total. The summed E-state index contributed by atoms with van der Waals surface area (Å²) in [5.41, 5.74) is 0.780. The zero-order valence-corrected chi connectivity index (χ0v) is 11.9. The van der Waals surface area contributed by atoms with Gasteiger partial charge in [-0.25, -0.2) is 0 Å². The molecule has 0 spiro atoms. The summed E-state index contributed by atoms with van der Waals surface area (Å²) in [6, 6.07) is 15.7. The molecule has 5 heteroatoms. The summed E-state index contributed by atoms with van der Waals surface area (Å²) in [4.78, 5) is 0. The maximum atomic E-state index is 13.0. The average molecular weight is 305 g/mol. The van der Waals surface area contributed by atoms with Crippen LogP contribution >= 0.6 is 0 Å². The molecule has 2 aromatic carbocycles. The lowest BCUT2D eigenvalue weighted by Crippen LogP contribution is -2.10. The van der Waals surface area contributed by atoms with Crippen LogP contribution in [0.4, 0.5) is 13.2 Å². The molecule has 0 aliphatic carbocycles. The van der Waals surface area contributed by atoms with Crippen molar-refractivity contribution in [1.29, 1.82) is 0 Å². The molecule has 0 fully saturated rings. The fourth-order valence-corrected chi connectivity index (χ4v) is 2.47. The standard InChI is InChI=1S/C17H14F3NO/c1-21-14-8-5-9-15(13(14)10-16(21)17(18,19)20)22-11-12-6-3-2-4-7-12/h2-10H,11H2,1H3. The van der Waals surface area contributed by atoms with Crippen LogP contribution in [0.1, 0.15) is 11.3 Å². The van der Waals surface area contributed by atoms with Gasteiger partial charge in [0, 0.05) is 12.4 Å². The molecule has 0 radical (unpaired) electrons. The second-order valence-corrected chi connectivity index (χ2v) is 5.05. The molecule has 0 bridgehead atoms. The van der Waals surface area contributed by atoms with Crippen LogP contribution in [-0.4, -0.2) is 4.57 Å². The van der Waals surface area contributed by atoms with Crippen LogP contribution in [0.15, 0.2) is 54.6 Å². The van der Waals surface area contributed by atoms with Gasteiger partial charge >= 0.3 is 6.18 Å². The van der Waals surface area contributed by atoms with Crippen LogP contribution in [0.2, 0.25) is 0 Å². The summed E-state index contributed by atoms with van der Waals surface area (Å²) < 4.78 is 45.9. The van der Waals surface area contributed by atoms with Gasteiger partial charge in [-0.1, -0.05) is 36.4 Å². The SMILES string of the molecule is Cn1c(C(F)(F)F)cc2c(OCc3ccccc3)cccc21. The van der Waals surface area contributed by atoms with Gasteiger partial charge in [0.15, 0.2) is 0 Å². The van der Waals surface area contributed by atoms with Gasteiger partial charge < -0.3 is 9.30 Å². The van der Waals surface area contributed by atoms with Crippen LogP contribution in [0.3, 0.4) is 0 Å². The molecule has 0 amide bonds. The molecule has 0 N–H and O–H groups in total. The highest BCUT2D eigenvalue weighted by Gasteiger charge is 2.34. The van der Waals surface area contributed by atoms with Crippen molar-refractivity contribution < 1.29 is 17.9 Å². The maximum absolute atomic E-state index is 13.0. The van der Waals surface area contributed by atoms with Gasteiger partial charge in [-0.3, -0.25) is 0 Å². The van der Waals surface area contributed by atoms with Crippen molar-refractivity contribution in [2.24, 2.45) is 7.05 Å². The molecular weight excluding hydrogens is 291 g/mol. The number of hydrogen-bond donors (Lipinski definition) is 0. The van der Waals surface area contributed by atoms with E-state index < -0.39 is 11.9 Å². The highest BCUT2D eigenvalue weighted by molar-refractivity contribution is 5.87. The van der Waals surface area contributed by atoms with E-state index in [9.17, 15) is 13.2 Å². The highest BCUT2D eigenvalue weighted by atomic mass is 19.4. The molecule has 0 aliphatic heterocycles. The van der Waals surface area contributed by atoms with Gasteiger partial charge in [-0.15, -0.1) is 0 Å². The molecule has 0 aliphatic rings. The van der Waals surface area contributed by atoms with Crippen molar-refractivity contribution in [3.8, 4) is 5.75 Å². The molecule has 114 valence electrons. The Hall–Kier alpha value is -2.43. The van der Waals surface area contributed by atoms with E-state index in [1.54, 1.807) is 18.2 Å². The smallest absolute Gasteiger partial charge is 0.431 e. The minimum Gasteiger partial charge on any atom is -0.488 e. The van der Waals surface area contributed by atoms with Gasteiger partial charge in [-0.2, -0.15) is 13.2 Å². The Morgan fingerprint density at radius 2 is 1.73 bits per heavy atom. The zero-order chi connectivity index (χ0) is 15.7. The van der Waals surface area contributed by atoms with E-state index >= 15 is 0 Å². The van der Waals surface area contributed by atoms with Crippen molar-refractivity contribution in [3.63, 3.8) is 0 Å². The number of halogens is 3. The Kier molecular flexibility index (Phi) is 3.56. The molecule has 22 heavy (non-hydrogen) atoms. The molecule has 1 aromatic heterocycles. The largest absolute Gasteiger partial charge is 0.488 e. The lowest BCUT2D eigenvalue weighted by molar-refractivity contribution is -0.142. The summed E-state index contributed by atoms with van der Waals surface area (Å²) >= 11 is 0. The highest BCUT2D eigenvalue weighted by Crippen LogP contribution is 2.36. The van der Waals surface area contributed by atoms with Crippen LogP contribution in [0, 0.1) is 0 Å². The topological polar surface area (TPSA) is 14.2 Å². The Balaban J connectivity index is 1.97. The van der Waals surface area contributed by atoms with Crippen molar-refractivity contribution in [2.45, 2.75) is 12.8 Å². The lowest BCUT2D eigenvalue weighted by Gasteiger charge is -2.08. The predicted octanol–water partition coefficient (Wildman–Crippen LogP) is 4.78.